The molecule has 2 aromatic carbocycles. The maximum atomic E-state index is 12.2. The van der Waals surface area contributed by atoms with Crippen molar-refractivity contribution >= 4 is 5.69 Å². The molecule has 2 aliphatic rings. The van der Waals surface area contributed by atoms with Gasteiger partial charge in [-0.15, -0.1) is 0 Å². The van der Waals surface area contributed by atoms with Gasteiger partial charge in [-0.1, -0.05) is 12.1 Å². The number of allylic oxidation sites excluding steroid dienone is 1. The second-order valence-corrected chi connectivity index (χ2v) is 7.87. The Hall–Kier alpha value is -2.66. The van der Waals surface area contributed by atoms with Gasteiger partial charge in [-0.05, 0) is 82.5 Å². The second kappa shape index (κ2) is 8.60. The van der Waals surface area contributed by atoms with Crippen LogP contribution in [0.4, 0.5) is 5.69 Å². The van der Waals surface area contributed by atoms with Crippen molar-refractivity contribution in [1.82, 2.24) is 4.90 Å². The van der Waals surface area contributed by atoms with Crippen LogP contribution in [-0.2, 0) is 5.72 Å². The van der Waals surface area contributed by atoms with E-state index in [0.717, 1.165) is 48.0 Å². The van der Waals surface area contributed by atoms with Crippen molar-refractivity contribution in [3.8, 4) is 11.5 Å². The molecule has 2 aromatic rings. The van der Waals surface area contributed by atoms with Crippen LogP contribution >= 0.6 is 0 Å². The zero-order chi connectivity index (χ0) is 21.1. The van der Waals surface area contributed by atoms with Gasteiger partial charge in [-0.3, -0.25) is 4.90 Å². The number of hydrogen-bond acceptors (Lipinski definition) is 5. The smallest absolute Gasteiger partial charge is 0.190 e. The first kappa shape index (κ1) is 20.6. The third-order valence-corrected chi connectivity index (χ3v) is 6.09. The lowest BCUT2D eigenvalue weighted by Crippen LogP contribution is -2.48. The quantitative estimate of drug-likeness (QED) is 0.739. The van der Waals surface area contributed by atoms with E-state index >= 15 is 0 Å². The molecule has 0 spiro atoms. The summed E-state index contributed by atoms with van der Waals surface area (Å²) < 4.78 is 11.2. The Morgan fingerprint density at radius 1 is 0.933 bits per heavy atom. The number of rotatable bonds is 6. The first-order valence-corrected chi connectivity index (χ1v) is 11.0. The minimum Gasteiger partial charge on any atom is -0.494 e. The normalized spacial score (nSPS) is 23.6. The van der Waals surface area contributed by atoms with Gasteiger partial charge in [-0.2, -0.15) is 0 Å². The number of benzene rings is 2. The molecule has 2 heterocycles. The number of anilines is 1. The van der Waals surface area contributed by atoms with Gasteiger partial charge in [0.25, 0.3) is 0 Å². The molecule has 0 aliphatic carbocycles. The predicted molar refractivity (Wildman–Crippen MR) is 120 cm³/mol. The number of hydrogen-bond donors (Lipinski definition) is 1. The Morgan fingerprint density at radius 2 is 1.53 bits per heavy atom. The Bertz CT molecular complexity index is 878. The van der Waals surface area contributed by atoms with Crippen molar-refractivity contribution in [2.45, 2.75) is 51.8 Å². The van der Waals surface area contributed by atoms with Gasteiger partial charge in [0.2, 0.25) is 0 Å². The van der Waals surface area contributed by atoms with Crippen molar-refractivity contribution in [3.05, 3.63) is 66.0 Å². The molecule has 4 rings (SSSR count). The van der Waals surface area contributed by atoms with Crippen LogP contribution in [0.25, 0.3) is 0 Å². The van der Waals surface area contributed by atoms with Gasteiger partial charge in [0, 0.05) is 17.8 Å². The third-order valence-electron chi connectivity index (χ3n) is 6.09. The maximum absolute atomic E-state index is 12.2. The van der Waals surface area contributed by atoms with Gasteiger partial charge < -0.3 is 19.5 Å². The standard InChI is InChI=1S/C25H32N2O3/c1-4-29-22-14-10-20(11-15-22)25(28)19(3)26-18-8-6-7-9-24(26)27(25)21-12-16-23(17-13-21)30-5-2/h9-17,19,28H,4-8,18H2,1-3H3/t19-,25+/m0/s1. The van der Waals surface area contributed by atoms with E-state index < -0.39 is 5.72 Å². The molecule has 2 atom stereocenters. The van der Waals surface area contributed by atoms with Crippen LogP contribution in [-0.4, -0.2) is 35.8 Å². The number of nitrogens with zero attached hydrogens (tertiary/aromatic N) is 2. The van der Waals surface area contributed by atoms with Gasteiger partial charge >= 0.3 is 0 Å². The number of aliphatic hydroxyl groups is 1. The fraction of sp³-hybridized carbons (Fsp3) is 0.440. The maximum Gasteiger partial charge on any atom is 0.190 e. The molecule has 1 saturated heterocycles. The largest absolute Gasteiger partial charge is 0.494 e. The predicted octanol–water partition coefficient (Wildman–Crippen LogP) is 4.87. The van der Waals surface area contributed by atoms with Crippen LogP contribution in [0.15, 0.2) is 60.4 Å². The van der Waals surface area contributed by atoms with E-state index in [0.29, 0.717) is 13.2 Å². The van der Waals surface area contributed by atoms with E-state index in [4.69, 9.17) is 9.47 Å². The van der Waals surface area contributed by atoms with Crippen molar-refractivity contribution in [2.24, 2.45) is 0 Å². The van der Waals surface area contributed by atoms with Crippen molar-refractivity contribution < 1.29 is 14.6 Å². The summed E-state index contributed by atoms with van der Waals surface area (Å²) in [5.41, 5.74) is 0.639. The Morgan fingerprint density at radius 3 is 2.13 bits per heavy atom. The summed E-state index contributed by atoms with van der Waals surface area (Å²) in [6.07, 6.45) is 5.59. The molecular formula is C25H32N2O3. The van der Waals surface area contributed by atoms with Crippen molar-refractivity contribution in [2.75, 3.05) is 24.7 Å². The number of ether oxygens (including phenoxy) is 2. The fourth-order valence-corrected chi connectivity index (χ4v) is 4.60. The first-order chi connectivity index (χ1) is 14.6. The summed E-state index contributed by atoms with van der Waals surface area (Å²) >= 11 is 0. The highest BCUT2D eigenvalue weighted by Gasteiger charge is 2.53. The summed E-state index contributed by atoms with van der Waals surface area (Å²) in [5.74, 6) is 2.74. The molecule has 2 aliphatic heterocycles. The van der Waals surface area contributed by atoms with E-state index in [1.54, 1.807) is 0 Å². The van der Waals surface area contributed by atoms with Crippen LogP contribution in [0, 0.1) is 0 Å². The average molecular weight is 409 g/mol. The van der Waals surface area contributed by atoms with E-state index in [1.807, 2.05) is 62.4 Å². The number of fused-ring (bicyclic) bond motifs is 1. The molecule has 5 heteroatoms. The highest BCUT2D eigenvalue weighted by Crippen LogP contribution is 2.47. The second-order valence-electron chi connectivity index (χ2n) is 7.87. The van der Waals surface area contributed by atoms with Gasteiger partial charge in [-0.25, -0.2) is 0 Å². The highest BCUT2D eigenvalue weighted by molar-refractivity contribution is 5.60. The molecule has 5 nitrogen and oxygen atoms in total. The van der Waals surface area contributed by atoms with E-state index in [1.165, 1.54) is 6.42 Å². The first-order valence-electron chi connectivity index (χ1n) is 11.0. The summed E-state index contributed by atoms with van der Waals surface area (Å²) in [7, 11) is 0. The fourth-order valence-electron chi connectivity index (χ4n) is 4.60. The molecule has 0 radical (unpaired) electrons. The monoisotopic (exact) mass is 408 g/mol. The minimum atomic E-state index is -1.18. The van der Waals surface area contributed by atoms with E-state index in [2.05, 4.69) is 22.8 Å². The summed E-state index contributed by atoms with van der Waals surface area (Å²) in [4.78, 5) is 4.44. The molecule has 0 saturated carbocycles. The molecule has 0 amide bonds. The summed E-state index contributed by atoms with van der Waals surface area (Å²) in [6.45, 7) is 8.27. The summed E-state index contributed by atoms with van der Waals surface area (Å²) in [5, 5.41) is 12.2. The zero-order valence-corrected chi connectivity index (χ0v) is 18.2. The molecular weight excluding hydrogens is 376 g/mol. The highest BCUT2D eigenvalue weighted by atomic mass is 16.5. The SMILES string of the molecule is CCOc1ccc(N2C3=CCCCCN3[C@@H](C)[C@@]2(O)c2ccc(OCC)cc2)cc1. The van der Waals surface area contributed by atoms with Crippen LogP contribution < -0.4 is 14.4 Å². The van der Waals surface area contributed by atoms with E-state index in [9.17, 15) is 5.11 Å². The van der Waals surface area contributed by atoms with Crippen LogP contribution in [0.5, 0.6) is 11.5 Å². The molecule has 1 N–H and O–H groups in total. The van der Waals surface area contributed by atoms with Crippen LogP contribution in [0.1, 0.15) is 45.6 Å². The van der Waals surface area contributed by atoms with Crippen LogP contribution in [0.3, 0.4) is 0 Å². The third kappa shape index (κ3) is 3.52. The molecule has 160 valence electrons. The molecule has 1 fully saturated rings. The van der Waals surface area contributed by atoms with Gasteiger partial charge in [0.1, 0.15) is 17.3 Å². The Balaban J connectivity index is 1.79. The molecule has 0 aromatic heterocycles. The van der Waals surface area contributed by atoms with Crippen LogP contribution in [0.2, 0.25) is 0 Å². The van der Waals surface area contributed by atoms with Crippen molar-refractivity contribution in [3.63, 3.8) is 0 Å². The molecule has 30 heavy (non-hydrogen) atoms. The lowest BCUT2D eigenvalue weighted by atomic mass is 9.94. The minimum absolute atomic E-state index is 0.0913. The Labute approximate surface area is 179 Å². The zero-order valence-electron chi connectivity index (χ0n) is 18.2. The summed E-state index contributed by atoms with van der Waals surface area (Å²) in [6, 6.07) is 15.8. The van der Waals surface area contributed by atoms with Gasteiger partial charge in [0.15, 0.2) is 5.72 Å². The molecule has 0 bridgehead atoms. The topological polar surface area (TPSA) is 45.2 Å². The van der Waals surface area contributed by atoms with E-state index in [-0.39, 0.29) is 6.04 Å². The lowest BCUT2D eigenvalue weighted by molar-refractivity contribution is 0.00793. The van der Waals surface area contributed by atoms with Gasteiger partial charge in [0.05, 0.1) is 19.3 Å². The molecule has 0 unspecified atom stereocenters. The lowest BCUT2D eigenvalue weighted by Gasteiger charge is -2.37. The average Bonchev–Trinajstić information content (AvgIpc) is 2.91. The Kier molecular flexibility index (Phi) is 5.91. The van der Waals surface area contributed by atoms with Crippen molar-refractivity contribution in [1.29, 1.82) is 0 Å².